The molecule has 3 heteroatoms. The van der Waals surface area contributed by atoms with Crippen LogP contribution in [0.4, 0.5) is 0 Å². The van der Waals surface area contributed by atoms with Gasteiger partial charge in [-0.25, -0.2) is 0 Å². The predicted molar refractivity (Wildman–Crippen MR) is 58.5 cm³/mol. The SMILES string of the molecule is CCOC(=O)C1CC2CCC1(CC)NC2. The topological polar surface area (TPSA) is 38.3 Å². The molecule has 2 aliphatic heterocycles. The van der Waals surface area contributed by atoms with E-state index in [0.717, 1.165) is 25.8 Å². The van der Waals surface area contributed by atoms with E-state index in [1.165, 1.54) is 6.42 Å². The summed E-state index contributed by atoms with van der Waals surface area (Å²) in [4.78, 5) is 11.9. The van der Waals surface area contributed by atoms with Crippen LogP contribution in [0.25, 0.3) is 0 Å². The van der Waals surface area contributed by atoms with Crippen LogP contribution < -0.4 is 5.32 Å². The summed E-state index contributed by atoms with van der Waals surface area (Å²) in [5.74, 6) is 0.791. The van der Waals surface area contributed by atoms with Crippen molar-refractivity contribution in [2.45, 2.75) is 45.1 Å². The van der Waals surface area contributed by atoms with Gasteiger partial charge in [0.15, 0.2) is 0 Å². The molecule has 1 saturated carbocycles. The Hall–Kier alpha value is -0.570. The van der Waals surface area contributed by atoms with Gasteiger partial charge in [0, 0.05) is 5.54 Å². The van der Waals surface area contributed by atoms with Gasteiger partial charge in [-0.2, -0.15) is 0 Å². The molecule has 1 aliphatic carbocycles. The fourth-order valence-corrected chi connectivity index (χ4v) is 3.17. The van der Waals surface area contributed by atoms with Crippen LogP contribution in [0.3, 0.4) is 0 Å². The number of ether oxygens (including phenoxy) is 1. The Kier molecular flexibility index (Phi) is 3.01. The number of rotatable bonds is 3. The number of esters is 1. The molecule has 3 unspecified atom stereocenters. The zero-order chi connectivity index (χ0) is 10.9. The summed E-state index contributed by atoms with van der Waals surface area (Å²) in [7, 11) is 0. The van der Waals surface area contributed by atoms with Crippen LogP contribution in [0.15, 0.2) is 0 Å². The minimum absolute atomic E-state index is 0.0104. The van der Waals surface area contributed by atoms with Crippen molar-refractivity contribution in [2.24, 2.45) is 11.8 Å². The highest BCUT2D eigenvalue weighted by molar-refractivity contribution is 5.74. The van der Waals surface area contributed by atoms with E-state index >= 15 is 0 Å². The summed E-state index contributed by atoms with van der Waals surface area (Å²) in [5, 5.41) is 3.57. The maximum absolute atomic E-state index is 11.9. The standard InChI is InChI=1S/C12H21NO2/c1-3-12-6-5-9(8-13-12)7-10(12)11(14)15-4-2/h9-10,13H,3-8H2,1-2H3. The third kappa shape index (κ3) is 1.78. The Morgan fingerprint density at radius 2 is 2.33 bits per heavy atom. The van der Waals surface area contributed by atoms with E-state index in [-0.39, 0.29) is 17.4 Å². The van der Waals surface area contributed by atoms with Crippen molar-refractivity contribution in [1.29, 1.82) is 0 Å². The smallest absolute Gasteiger partial charge is 0.310 e. The van der Waals surface area contributed by atoms with Crippen LogP contribution in [0, 0.1) is 11.8 Å². The van der Waals surface area contributed by atoms with Gasteiger partial charge in [-0.3, -0.25) is 4.79 Å². The number of fused-ring (bicyclic) bond motifs is 3. The lowest BCUT2D eigenvalue weighted by Gasteiger charge is -2.51. The zero-order valence-electron chi connectivity index (χ0n) is 9.71. The molecule has 3 atom stereocenters. The predicted octanol–water partition coefficient (Wildman–Crippen LogP) is 1.72. The highest BCUT2D eigenvalue weighted by Crippen LogP contribution is 2.43. The van der Waals surface area contributed by atoms with E-state index in [1.807, 2.05) is 6.92 Å². The molecule has 3 fully saturated rings. The molecule has 1 N–H and O–H groups in total. The molecule has 3 rings (SSSR count). The molecule has 3 aliphatic rings. The monoisotopic (exact) mass is 211 g/mol. The summed E-state index contributed by atoms with van der Waals surface area (Å²) < 4.78 is 5.18. The minimum atomic E-state index is 0.0104. The third-order valence-corrected chi connectivity index (χ3v) is 4.18. The lowest BCUT2D eigenvalue weighted by molar-refractivity contribution is -0.156. The van der Waals surface area contributed by atoms with Crippen LogP contribution in [0.5, 0.6) is 0 Å². The normalized spacial score (nSPS) is 39.1. The maximum atomic E-state index is 11.9. The molecule has 15 heavy (non-hydrogen) atoms. The Morgan fingerprint density at radius 3 is 2.87 bits per heavy atom. The van der Waals surface area contributed by atoms with Crippen molar-refractivity contribution < 1.29 is 9.53 Å². The van der Waals surface area contributed by atoms with Crippen LogP contribution >= 0.6 is 0 Å². The lowest BCUT2D eigenvalue weighted by Crippen LogP contribution is -2.63. The molecule has 3 nitrogen and oxygen atoms in total. The average molecular weight is 211 g/mol. The summed E-state index contributed by atoms with van der Waals surface area (Å²) in [6.07, 6.45) is 4.47. The molecule has 0 aromatic heterocycles. The van der Waals surface area contributed by atoms with Gasteiger partial charge in [0.25, 0.3) is 0 Å². The van der Waals surface area contributed by atoms with Gasteiger partial charge < -0.3 is 10.1 Å². The number of carbonyl (C=O) groups is 1. The second kappa shape index (κ2) is 4.12. The van der Waals surface area contributed by atoms with E-state index in [4.69, 9.17) is 4.74 Å². The second-order valence-corrected chi connectivity index (χ2v) is 4.84. The van der Waals surface area contributed by atoms with Gasteiger partial charge in [-0.05, 0) is 45.1 Å². The van der Waals surface area contributed by atoms with Crippen LogP contribution in [-0.2, 0) is 9.53 Å². The number of piperidine rings is 2. The number of hydrogen-bond acceptors (Lipinski definition) is 3. The van der Waals surface area contributed by atoms with Crippen molar-refractivity contribution in [3.63, 3.8) is 0 Å². The summed E-state index contributed by atoms with van der Waals surface area (Å²) in [6.45, 7) is 5.64. The van der Waals surface area contributed by atoms with E-state index < -0.39 is 0 Å². The van der Waals surface area contributed by atoms with Gasteiger partial charge in [0.05, 0.1) is 12.5 Å². The molecule has 2 saturated heterocycles. The molecule has 0 aromatic rings. The maximum Gasteiger partial charge on any atom is 0.310 e. The highest BCUT2D eigenvalue weighted by Gasteiger charge is 2.50. The number of nitrogens with one attached hydrogen (secondary N) is 1. The summed E-state index contributed by atoms with van der Waals surface area (Å²) in [5.41, 5.74) is 0.0427. The van der Waals surface area contributed by atoms with Gasteiger partial charge in [0.2, 0.25) is 0 Å². The second-order valence-electron chi connectivity index (χ2n) is 4.84. The molecule has 2 heterocycles. The zero-order valence-corrected chi connectivity index (χ0v) is 9.71. The minimum Gasteiger partial charge on any atom is -0.466 e. The summed E-state index contributed by atoms with van der Waals surface area (Å²) >= 11 is 0. The van der Waals surface area contributed by atoms with Gasteiger partial charge in [0.1, 0.15) is 0 Å². The van der Waals surface area contributed by atoms with Gasteiger partial charge in [-0.1, -0.05) is 6.92 Å². The Bertz CT molecular complexity index is 244. The first-order valence-electron chi connectivity index (χ1n) is 6.13. The quantitative estimate of drug-likeness (QED) is 0.722. The van der Waals surface area contributed by atoms with Gasteiger partial charge >= 0.3 is 5.97 Å². The van der Waals surface area contributed by atoms with Crippen molar-refractivity contribution in [1.82, 2.24) is 5.32 Å². The van der Waals surface area contributed by atoms with E-state index in [2.05, 4.69) is 12.2 Å². The van der Waals surface area contributed by atoms with Crippen molar-refractivity contribution in [3.8, 4) is 0 Å². The Morgan fingerprint density at radius 1 is 1.53 bits per heavy atom. The molecule has 2 bridgehead atoms. The molecular formula is C12H21NO2. The first-order chi connectivity index (χ1) is 7.22. The average Bonchev–Trinajstić information content (AvgIpc) is 2.30. The lowest BCUT2D eigenvalue weighted by atomic mass is 9.64. The van der Waals surface area contributed by atoms with Crippen molar-refractivity contribution in [3.05, 3.63) is 0 Å². The molecule has 0 aromatic carbocycles. The first-order valence-corrected chi connectivity index (χ1v) is 6.13. The van der Waals surface area contributed by atoms with E-state index in [9.17, 15) is 4.79 Å². The van der Waals surface area contributed by atoms with E-state index in [1.54, 1.807) is 0 Å². The molecule has 86 valence electrons. The summed E-state index contributed by atoms with van der Waals surface area (Å²) in [6, 6.07) is 0. The molecule has 0 radical (unpaired) electrons. The molecule has 0 spiro atoms. The van der Waals surface area contributed by atoms with Gasteiger partial charge in [-0.15, -0.1) is 0 Å². The van der Waals surface area contributed by atoms with Crippen molar-refractivity contribution >= 4 is 5.97 Å². The van der Waals surface area contributed by atoms with Crippen LogP contribution in [0.2, 0.25) is 0 Å². The Balaban J connectivity index is 2.13. The molecule has 0 amide bonds. The van der Waals surface area contributed by atoms with Crippen LogP contribution in [-0.4, -0.2) is 24.7 Å². The molecular weight excluding hydrogens is 190 g/mol. The third-order valence-electron chi connectivity index (χ3n) is 4.18. The fourth-order valence-electron chi connectivity index (χ4n) is 3.17. The number of hydrogen-bond donors (Lipinski definition) is 1. The Labute approximate surface area is 91.6 Å². The van der Waals surface area contributed by atoms with Crippen molar-refractivity contribution in [2.75, 3.05) is 13.2 Å². The fraction of sp³-hybridized carbons (Fsp3) is 0.917. The highest BCUT2D eigenvalue weighted by atomic mass is 16.5. The first kappa shape index (κ1) is 10.9. The number of carbonyl (C=O) groups excluding carboxylic acids is 1. The van der Waals surface area contributed by atoms with E-state index in [0.29, 0.717) is 12.5 Å². The van der Waals surface area contributed by atoms with Crippen LogP contribution in [0.1, 0.15) is 39.5 Å². The largest absolute Gasteiger partial charge is 0.466 e.